The summed E-state index contributed by atoms with van der Waals surface area (Å²) in [6, 6.07) is 0. The Kier molecular flexibility index (Phi) is 6.20. The van der Waals surface area contributed by atoms with Gasteiger partial charge in [-0.05, 0) is 25.8 Å². The van der Waals surface area contributed by atoms with E-state index in [0.29, 0.717) is 13.2 Å². The van der Waals surface area contributed by atoms with Crippen LogP contribution in [0.4, 0.5) is 0 Å². The molecule has 1 N–H and O–H groups in total. The Hall–Kier alpha value is -1.17. The van der Waals surface area contributed by atoms with E-state index in [2.05, 4.69) is 5.32 Å². The van der Waals surface area contributed by atoms with E-state index >= 15 is 0 Å². The molecule has 0 heterocycles. The zero-order valence-corrected chi connectivity index (χ0v) is 7.05. The fourth-order valence-corrected chi connectivity index (χ4v) is 0.525. The molecule has 0 aliphatic heterocycles. The summed E-state index contributed by atoms with van der Waals surface area (Å²) in [7, 11) is 0. The molecule has 0 unspecified atom stereocenters. The third-order valence-corrected chi connectivity index (χ3v) is 0.962. The normalized spacial score (nSPS) is 8.09. The minimum atomic E-state index is 0.667. The molecule has 0 rings (SSSR count). The molecule has 11 heavy (non-hydrogen) atoms. The summed E-state index contributed by atoms with van der Waals surface area (Å²) >= 11 is 0. The summed E-state index contributed by atoms with van der Waals surface area (Å²) in [4.78, 5) is 0. The van der Waals surface area contributed by atoms with Gasteiger partial charge in [0.1, 0.15) is 0 Å². The fraction of sp³-hybridized carbons (Fsp3) is 0.625. The maximum Gasteiger partial charge on any atom is 0.176 e. The summed E-state index contributed by atoms with van der Waals surface area (Å²) in [5.74, 6) is 0. The van der Waals surface area contributed by atoms with Crippen LogP contribution in [0, 0.1) is 11.5 Å². The van der Waals surface area contributed by atoms with Crippen LogP contribution in [0.15, 0.2) is 11.8 Å². The Bertz CT molecular complexity index is 154. The number of hydrogen-bond acceptors (Lipinski definition) is 3. The summed E-state index contributed by atoms with van der Waals surface area (Å²) < 4.78 is 5.13. The molecule has 0 aromatic heterocycles. The van der Waals surface area contributed by atoms with Gasteiger partial charge in [-0.1, -0.05) is 0 Å². The monoisotopic (exact) mass is 154 g/mol. The van der Waals surface area contributed by atoms with Gasteiger partial charge in [-0.25, -0.2) is 0 Å². The SMILES string of the molecule is CC(C)=COCCCNC#N. The minimum absolute atomic E-state index is 0.667. The molecule has 0 aliphatic rings. The van der Waals surface area contributed by atoms with Gasteiger partial charge in [0.15, 0.2) is 6.19 Å². The third-order valence-electron chi connectivity index (χ3n) is 0.962. The molecule has 62 valence electrons. The Balaban J connectivity index is 3.04. The van der Waals surface area contributed by atoms with Crippen molar-refractivity contribution in [1.29, 1.82) is 5.26 Å². The molecule has 0 saturated heterocycles. The summed E-state index contributed by atoms with van der Waals surface area (Å²) in [5, 5.41) is 10.6. The fourth-order valence-electron chi connectivity index (χ4n) is 0.525. The lowest BCUT2D eigenvalue weighted by atomic mass is 10.4. The molecule has 3 nitrogen and oxygen atoms in total. The molecule has 0 saturated carbocycles. The predicted molar refractivity (Wildman–Crippen MR) is 43.6 cm³/mol. The number of rotatable bonds is 5. The number of nitrogens with one attached hydrogen (secondary N) is 1. The lowest BCUT2D eigenvalue weighted by Gasteiger charge is -1.99. The molecule has 0 atom stereocenters. The van der Waals surface area contributed by atoms with Gasteiger partial charge < -0.3 is 10.1 Å². The van der Waals surface area contributed by atoms with E-state index < -0.39 is 0 Å². The second-order valence-corrected chi connectivity index (χ2v) is 2.46. The van der Waals surface area contributed by atoms with E-state index in [-0.39, 0.29) is 0 Å². The average Bonchev–Trinajstić information content (AvgIpc) is 1.96. The number of ether oxygens (including phenoxy) is 1. The molecule has 0 aromatic rings. The summed E-state index contributed by atoms with van der Waals surface area (Å²) in [5.41, 5.74) is 1.15. The van der Waals surface area contributed by atoms with E-state index in [9.17, 15) is 0 Å². The first-order valence-electron chi connectivity index (χ1n) is 3.64. The van der Waals surface area contributed by atoms with E-state index in [4.69, 9.17) is 10.00 Å². The van der Waals surface area contributed by atoms with Crippen molar-refractivity contribution in [3.8, 4) is 6.19 Å². The van der Waals surface area contributed by atoms with Crippen molar-refractivity contribution < 1.29 is 4.74 Å². The number of nitrogens with zero attached hydrogens (tertiary/aromatic N) is 1. The first kappa shape index (κ1) is 9.83. The first-order valence-corrected chi connectivity index (χ1v) is 3.64. The van der Waals surface area contributed by atoms with Crippen LogP contribution in [0.25, 0.3) is 0 Å². The van der Waals surface area contributed by atoms with Crippen LogP contribution >= 0.6 is 0 Å². The van der Waals surface area contributed by atoms with Crippen molar-refractivity contribution in [2.24, 2.45) is 0 Å². The maximum absolute atomic E-state index is 8.10. The van der Waals surface area contributed by atoms with Gasteiger partial charge in [0.25, 0.3) is 0 Å². The van der Waals surface area contributed by atoms with Gasteiger partial charge in [-0.3, -0.25) is 0 Å². The number of hydrogen-bond donors (Lipinski definition) is 1. The zero-order chi connectivity index (χ0) is 8.53. The summed E-state index contributed by atoms with van der Waals surface area (Å²) in [6.45, 7) is 5.31. The van der Waals surface area contributed by atoms with Crippen molar-refractivity contribution in [2.45, 2.75) is 20.3 Å². The zero-order valence-electron chi connectivity index (χ0n) is 7.05. The standard InChI is InChI=1S/C8H14N2O/c1-8(2)6-11-5-3-4-10-7-9/h6,10H,3-5H2,1-2H3. The second kappa shape index (κ2) is 6.94. The van der Waals surface area contributed by atoms with Crippen LogP contribution in [-0.4, -0.2) is 13.2 Å². The van der Waals surface area contributed by atoms with Crippen LogP contribution in [0.2, 0.25) is 0 Å². The van der Waals surface area contributed by atoms with Gasteiger partial charge in [0, 0.05) is 6.54 Å². The molecular weight excluding hydrogens is 140 g/mol. The molecule has 0 aromatic carbocycles. The van der Waals surface area contributed by atoms with E-state index in [1.54, 1.807) is 6.26 Å². The van der Waals surface area contributed by atoms with Gasteiger partial charge >= 0.3 is 0 Å². The van der Waals surface area contributed by atoms with Gasteiger partial charge in [0.2, 0.25) is 0 Å². The highest BCUT2D eigenvalue weighted by Gasteiger charge is 1.84. The highest BCUT2D eigenvalue weighted by atomic mass is 16.5. The molecule has 0 radical (unpaired) electrons. The molecule has 3 heteroatoms. The van der Waals surface area contributed by atoms with Gasteiger partial charge in [-0.2, -0.15) is 5.26 Å². The van der Waals surface area contributed by atoms with Crippen molar-refractivity contribution in [1.82, 2.24) is 5.32 Å². The molecular formula is C8H14N2O. The van der Waals surface area contributed by atoms with Crippen molar-refractivity contribution in [2.75, 3.05) is 13.2 Å². The minimum Gasteiger partial charge on any atom is -0.501 e. The van der Waals surface area contributed by atoms with Crippen molar-refractivity contribution in [3.05, 3.63) is 11.8 Å². The highest BCUT2D eigenvalue weighted by molar-refractivity contribution is 4.86. The van der Waals surface area contributed by atoms with Crippen LogP contribution in [0.5, 0.6) is 0 Å². The highest BCUT2D eigenvalue weighted by Crippen LogP contribution is 1.90. The largest absolute Gasteiger partial charge is 0.501 e. The number of allylic oxidation sites excluding steroid dienone is 1. The molecule has 0 spiro atoms. The maximum atomic E-state index is 8.10. The Labute approximate surface area is 67.7 Å². The van der Waals surface area contributed by atoms with E-state index in [1.165, 1.54) is 0 Å². The van der Waals surface area contributed by atoms with Crippen LogP contribution in [-0.2, 0) is 4.74 Å². The van der Waals surface area contributed by atoms with Crippen molar-refractivity contribution >= 4 is 0 Å². The van der Waals surface area contributed by atoms with Crippen LogP contribution in [0.3, 0.4) is 0 Å². The Morgan fingerprint density at radius 3 is 2.91 bits per heavy atom. The van der Waals surface area contributed by atoms with Crippen molar-refractivity contribution in [3.63, 3.8) is 0 Å². The Morgan fingerprint density at radius 1 is 1.64 bits per heavy atom. The van der Waals surface area contributed by atoms with E-state index in [1.807, 2.05) is 20.0 Å². The smallest absolute Gasteiger partial charge is 0.176 e. The summed E-state index contributed by atoms with van der Waals surface area (Å²) in [6.07, 6.45) is 4.43. The third kappa shape index (κ3) is 8.83. The Morgan fingerprint density at radius 2 is 2.36 bits per heavy atom. The van der Waals surface area contributed by atoms with Crippen LogP contribution < -0.4 is 5.32 Å². The average molecular weight is 154 g/mol. The molecule has 0 fully saturated rings. The van der Waals surface area contributed by atoms with E-state index in [0.717, 1.165) is 12.0 Å². The van der Waals surface area contributed by atoms with Gasteiger partial charge in [0.05, 0.1) is 12.9 Å². The molecule has 0 amide bonds. The number of nitriles is 1. The second-order valence-electron chi connectivity index (χ2n) is 2.46. The molecule has 0 bridgehead atoms. The van der Waals surface area contributed by atoms with Crippen LogP contribution in [0.1, 0.15) is 20.3 Å². The predicted octanol–water partition coefficient (Wildman–Crippen LogP) is 1.39. The van der Waals surface area contributed by atoms with Gasteiger partial charge in [-0.15, -0.1) is 0 Å². The lowest BCUT2D eigenvalue weighted by Crippen LogP contribution is -2.08. The quantitative estimate of drug-likeness (QED) is 0.281. The first-order chi connectivity index (χ1) is 5.27. The lowest BCUT2D eigenvalue weighted by molar-refractivity contribution is 0.242. The topological polar surface area (TPSA) is 45.0 Å². The molecule has 0 aliphatic carbocycles.